The fourth-order valence-corrected chi connectivity index (χ4v) is 3.44. The largest absolute Gasteiger partial charge is 0.376 e. The maximum absolute atomic E-state index is 9.45. The summed E-state index contributed by atoms with van der Waals surface area (Å²) in [6, 6.07) is 20.2. The molecule has 5 heteroatoms. The molecule has 1 atom stereocenters. The molecule has 1 aliphatic heterocycles. The van der Waals surface area contributed by atoms with Gasteiger partial charge in [-0.15, -0.1) is 0 Å². The first-order valence-electron chi connectivity index (χ1n) is 9.63. The summed E-state index contributed by atoms with van der Waals surface area (Å²) in [7, 11) is 0. The van der Waals surface area contributed by atoms with Gasteiger partial charge in [-0.1, -0.05) is 42.5 Å². The van der Waals surface area contributed by atoms with Crippen LogP contribution in [0.2, 0.25) is 0 Å². The number of benzene rings is 2. The van der Waals surface area contributed by atoms with E-state index in [1.807, 2.05) is 36.4 Å². The Morgan fingerprint density at radius 3 is 2.89 bits per heavy atom. The molecule has 2 aromatic carbocycles. The number of nitrogens with zero attached hydrogens (tertiary/aromatic N) is 2. The molecule has 1 N–H and O–H groups in total. The first-order valence-corrected chi connectivity index (χ1v) is 9.63. The summed E-state index contributed by atoms with van der Waals surface area (Å²) in [4.78, 5) is 4.60. The standard InChI is InChI=1S/C23H23N3O2/c24-13-20-12-19-7-1-2-9-22(19)26-23(20)25-14-17-5-3-6-18(11-17)15-27-16-21-8-4-10-28-21/h1-3,5-7,9,11-12,21H,4,8,10,14-16H2,(H,25,26). The third-order valence-corrected chi connectivity index (χ3v) is 4.89. The zero-order valence-corrected chi connectivity index (χ0v) is 15.7. The predicted octanol–water partition coefficient (Wildman–Crippen LogP) is 4.41. The van der Waals surface area contributed by atoms with Gasteiger partial charge in [-0.05, 0) is 36.1 Å². The normalized spacial score (nSPS) is 16.2. The zero-order valence-electron chi connectivity index (χ0n) is 15.7. The van der Waals surface area contributed by atoms with Gasteiger partial charge in [-0.3, -0.25) is 0 Å². The highest BCUT2D eigenvalue weighted by Gasteiger charge is 2.15. The number of hydrogen-bond acceptors (Lipinski definition) is 5. The van der Waals surface area contributed by atoms with E-state index >= 15 is 0 Å². The highest BCUT2D eigenvalue weighted by Crippen LogP contribution is 2.20. The molecule has 3 aromatic rings. The third kappa shape index (κ3) is 4.48. The van der Waals surface area contributed by atoms with Gasteiger partial charge in [-0.25, -0.2) is 4.98 Å². The van der Waals surface area contributed by atoms with Crippen LogP contribution in [0.25, 0.3) is 10.9 Å². The molecule has 1 saturated heterocycles. The lowest BCUT2D eigenvalue weighted by atomic mass is 10.1. The number of anilines is 1. The van der Waals surface area contributed by atoms with Crippen molar-refractivity contribution in [2.45, 2.75) is 32.1 Å². The Hall–Kier alpha value is -2.94. The fourth-order valence-electron chi connectivity index (χ4n) is 3.44. The lowest BCUT2D eigenvalue weighted by molar-refractivity contribution is 0.0106. The van der Waals surface area contributed by atoms with Crippen molar-refractivity contribution in [3.05, 3.63) is 71.3 Å². The highest BCUT2D eigenvalue weighted by atomic mass is 16.5. The van der Waals surface area contributed by atoms with Gasteiger partial charge < -0.3 is 14.8 Å². The summed E-state index contributed by atoms with van der Waals surface area (Å²) < 4.78 is 11.4. The van der Waals surface area contributed by atoms with E-state index in [9.17, 15) is 5.26 Å². The Labute approximate surface area is 164 Å². The van der Waals surface area contributed by atoms with E-state index in [1.165, 1.54) is 0 Å². The number of para-hydroxylation sites is 1. The smallest absolute Gasteiger partial charge is 0.144 e. The second kappa shape index (κ2) is 8.83. The van der Waals surface area contributed by atoms with Crippen molar-refractivity contribution in [3.8, 4) is 6.07 Å². The van der Waals surface area contributed by atoms with Crippen molar-refractivity contribution in [2.24, 2.45) is 0 Å². The Bertz CT molecular complexity index is 991. The molecule has 1 unspecified atom stereocenters. The number of fused-ring (bicyclic) bond motifs is 1. The highest BCUT2D eigenvalue weighted by molar-refractivity contribution is 5.82. The van der Waals surface area contributed by atoms with Crippen molar-refractivity contribution < 1.29 is 9.47 Å². The van der Waals surface area contributed by atoms with E-state index in [0.29, 0.717) is 31.1 Å². The molecule has 0 radical (unpaired) electrons. The summed E-state index contributed by atoms with van der Waals surface area (Å²) in [5, 5.41) is 13.7. The van der Waals surface area contributed by atoms with Crippen molar-refractivity contribution >= 4 is 16.7 Å². The number of rotatable bonds is 7. The van der Waals surface area contributed by atoms with Gasteiger partial charge in [0.15, 0.2) is 0 Å². The van der Waals surface area contributed by atoms with Gasteiger partial charge in [-0.2, -0.15) is 5.26 Å². The summed E-state index contributed by atoms with van der Waals surface area (Å²) in [5.41, 5.74) is 3.68. The minimum Gasteiger partial charge on any atom is -0.376 e. The molecule has 0 saturated carbocycles. The van der Waals surface area contributed by atoms with E-state index in [2.05, 4.69) is 34.6 Å². The summed E-state index contributed by atoms with van der Waals surface area (Å²) in [6.45, 7) is 2.67. The van der Waals surface area contributed by atoms with E-state index in [0.717, 1.165) is 41.5 Å². The molecule has 1 fully saturated rings. The van der Waals surface area contributed by atoms with Gasteiger partial charge in [0.05, 0.1) is 30.4 Å². The second-order valence-corrected chi connectivity index (χ2v) is 7.01. The number of nitrogens with one attached hydrogen (secondary N) is 1. The molecular formula is C23H23N3O2. The van der Waals surface area contributed by atoms with Crippen LogP contribution >= 0.6 is 0 Å². The molecule has 1 aliphatic rings. The van der Waals surface area contributed by atoms with Crippen LogP contribution in [0.3, 0.4) is 0 Å². The van der Waals surface area contributed by atoms with Gasteiger partial charge in [0, 0.05) is 18.5 Å². The topological polar surface area (TPSA) is 67.2 Å². The monoisotopic (exact) mass is 373 g/mol. The third-order valence-electron chi connectivity index (χ3n) is 4.89. The zero-order chi connectivity index (χ0) is 19.2. The molecule has 1 aromatic heterocycles. The molecule has 4 rings (SSSR count). The molecule has 5 nitrogen and oxygen atoms in total. The molecular weight excluding hydrogens is 350 g/mol. The second-order valence-electron chi connectivity index (χ2n) is 7.01. The van der Waals surface area contributed by atoms with Crippen molar-refractivity contribution in [1.29, 1.82) is 5.26 Å². The number of nitriles is 1. The van der Waals surface area contributed by atoms with Crippen molar-refractivity contribution in [1.82, 2.24) is 4.98 Å². The van der Waals surface area contributed by atoms with Crippen LogP contribution in [0.15, 0.2) is 54.6 Å². The summed E-state index contributed by atoms with van der Waals surface area (Å²) >= 11 is 0. The van der Waals surface area contributed by atoms with Gasteiger partial charge in [0.2, 0.25) is 0 Å². The maximum Gasteiger partial charge on any atom is 0.144 e. The van der Waals surface area contributed by atoms with E-state index in [4.69, 9.17) is 9.47 Å². The molecule has 0 bridgehead atoms. The van der Waals surface area contributed by atoms with Crippen LogP contribution in [0.1, 0.15) is 29.5 Å². The Balaban J connectivity index is 1.39. The average Bonchev–Trinajstić information content (AvgIpc) is 3.25. The van der Waals surface area contributed by atoms with Gasteiger partial charge in [0.1, 0.15) is 11.9 Å². The fraction of sp³-hybridized carbons (Fsp3) is 0.304. The minimum atomic E-state index is 0.244. The van der Waals surface area contributed by atoms with E-state index < -0.39 is 0 Å². The Morgan fingerprint density at radius 2 is 2.04 bits per heavy atom. The van der Waals surface area contributed by atoms with E-state index in [-0.39, 0.29) is 6.10 Å². The van der Waals surface area contributed by atoms with Crippen LogP contribution in [0.4, 0.5) is 5.82 Å². The quantitative estimate of drug-likeness (QED) is 0.664. The minimum absolute atomic E-state index is 0.244. The van der Waals surface area contributed by atoms with Gasteiger partial charge in [0.25, 0.3) is 0 Å². The lowest BCUT2D eigenvalue weighted by Gasteiger charge is -2.12. The molecule has 2 heterocycles. The number of aromatic nitrogens is 1. The average molecular weight is 373 g/mol. The van der Waals surface area contributed by atoms with Crippen LogP contribution in [-0.4, -0.2) is 24.3 Å². The number of pyridine rings is 1. The molecule has 0 aliphatic carbocycles. The van der Waals surface area contributed by atoms with Gasteiger partial charge >= 0.3 is 0 Å². The molecule has 0 spiro atoms. The summed E-state index contributed by atoms with van der Waals surface area (Å²) in [5.74, 6) is 0.612. The SMILES string of the molecule is N#Cc1cc2ccccc2nc1NCc1cccc(COCC2CCCO2)c1. The Kier molecular flexibility index (Phi) is 5.81. The molecule has 142 valence electrons. The summed E-state index contributed by atoms with van der Waals surface area (Å²) in [6.07, 6.45) is 2.46. The first kappa shape index (κ1) is 18.4. The molecule has 0 amide bonds. The van der Waals surface area contributed by atoms with Crippen LogP contribution < -0.4 is 5.32 Å². The predicted molar refractivity (Wildman–Crippen MR) is 109 cm³/mol. The Morgan fingerprint density at radius 1 is 1.14 bits per heavy atom. The van der Waals surface area contributed by atoms with Crippen molar-refractivity contribution in [3.63, 3.8) is 0 Å². The van der Waals surface area contributed by atoms with Crippen LogP contribution in [0.5, 0.6) is 0 Å². The van der Waals surface area contributed by atoms with Crippen LogP contribution in [0, 0.1) is 11.3 Å². The van der Waals surface area contributed by atoms with Crippen LogP contribution in [-0.2, 0) is 22.6 Å². The van der Waals surface area contributed by atoms with Crippen molar-refractivity contribution in [2.75, 3.05) is 18.5 Å². The lowest BCUT2D eigenvalue weighted by Crippen LogP contribution is -2.13. The maximum atomic E-state index is 9.45. The number of ether oxygens (including phenoxy) is 2. The molecule has 28 heavy (non-hydrogen) atoms. The number of hydrogen-bond donors (Lipinski definition) is 1. The first-order chi connectivity index (χ1) is 13.8. The van der Waals surface area contributed by atoms with E-state index in [1.54, 1.807) is 0 Å².